The van der Waals surface area contributed by atoms with Gasteiger partial charge in [0.05, 0.1) is 11.0 Å². The largest absolute Gasteiger partial charge is 0.489 e. The molecule has 1 aliphatic rings. The van der Waals surface area contributed by atoms with Crippen molar-refractivity contribution in [1.82, 2.24) is 14.9 Å². The molecule has 0 radical (unpaired) electrons. The summed E-state index contributed by atoms with van der Waals surface area (Å²) in [5, 5.41) is 0.761. The van der Waals surface area contributed by atoms with Crippen molar-refractivity contribution in [3.63, 3.8) is 0 Å². The molecule has 2 heterocycles. The van der Waals surface area contributed by atoms with Crippen LogP contribution in [0.1, 0.15) is 18.4 Å². The molecule has 1 amide bonds. The van der Waals surface area contributed by atoms with E-state index in [-0.39, 0.29) is 6.10 Å². The van der Waals surface area contributed by atoms with Crippen molar-refractivity contribution >= 4 is 28.7 Å². The molecular formula is C26H25ClN4O3. The third-order valence-corrected chi connectivity index (χ3v) is 6.14. The third-order valence-electron chi connectivity index (χ3n) is 5.89. The van der Waals surface area contributed by atoms with Crippen molar-refractivity contribution in [3.8, 4) is 22.9 Å². The number of carbonyl (C=O) groups is 1. The number of nitrogens with one attached hydrogen (secondary N) is 1. The van der Waals surface area contributed by atoms with Crippen LogP contribution in [-0.2, 0) is 6.54 Å². The fourth-order valence-electron chi connectivity index (χ4n) is 4.29. The minimum Gasteiger partial charge on any atom is -0.489 e. The summed E-state index contributed by atoms with van der Waals surface area (Å²) in [5.41, 5.74) is 8.82. The van der Waals surface area contributed by atoms with Crippen molar-refractivity contribution in [2.45, 2.75) is 25.5 Å². The van der Waals surface area contributed by atoms with Crippen molar-refractivity contribution in [2.75, 3.05) is 13.1 Å². The van der Waals surface area contributed by atoms with Crippen molar-refractivity contribution in [3.05, 3.63) is 77.3 Å². The van der Waals surface area contributed by atoms with Gasteiger partial charge < -0.3 is 20.2 Å². The highest BCUT2D eigenvalue weighted by atomic mass is 35.5. The van der Waals surface area contributed by atoms with Gasteiger partial charge in [-0.15, -0.1) is 0 Å². The van der Waals surface area contributed by atoms with Gasteiger partial charge in [-0.25, -0.2) is 9.78 Å². The second kappa shape index (κ2) is 9.75. The zero-order valence-electron chi connectivity index (χ0n) is 18.5. The molecule has 0 aliphatic carbocycles. The van der Waals surface area contributed by atoms with Gasteiger partial charge in [0.2, 0.25) is 0 Å². The monoisotopic (exact) mass is 476 g/mol. The van der Waals surface area contributed by atoms with Crippen LogP contribution in [0, 0.1) is 0 Å². The maximum Gasteiger partial charge on any atom is 0.409 e. The number of nitrogens with zero attached hydrogens (tertiary/aromatic N) is 2. The maximum absolute atomic E-state index is 11.0. The molecule has 1 atom stereocenters. The summed E-state index contributed by atoms with van der Waals surface area (Å²) in [5.74, 6) is 1.93. The van der Waals surface area contributed by atoms with E-state index in [2.05, 4.69) is 27.0 Å². The molecule has 0 saturated carbocycles. The number of hydrogen-bond donors (Lipinski definition) is 2. The number of amides is 1. The Hall–Kier alpha value is -3.55. The lowest BCUT2D eigenvalue weighted by molar-refractivity contribution is 0.0843. The van der Waals surface area contributed by atoms with E-state index in [9.17, 15) is 4.79 Å². The lowest BCUT2D eigenvalue weighted by Crippen LogP contribution is -2.40. The molecule has 1 saturated heterocycles. The summed E-state index contributed by atoms with van der Waals surface area (Å²) < 4.78 is 11.2. The molecule has 0 bridgehead atoms. The summed E-state index contributed by atoms with van der Waals surface area (Å²) in [6, 6.07) is 21.1. The summed E-state index contributed by atoms with van der Waals surface area (Å²) in [6.07, 6.45) is 1.45. The first-order chi connectivity index (χ1) is 16.5. The molecular weight excluding hydrogens is 452 g/mol. The van der Waals surface area contributed by atoms with E-state index in [0.29, 0.717) is 11.3 Å². The molecule has 4 aromatic rings. The second-order valence-electron chi connectivity index (χ2n) is 8.45. The van der Waals surface area contributed by atoms with Crippen LogP contribution in [0.2, 0.25) is 5.02 Å². The lowest BCUT2D eigenvalue weighted by Gasteiger charge is -2.33. The van der Waals surface area contributed by atoms with E-state index in [0.717, 1.165) is 60.2 Å². The van der Waals surface area contributed by atoms with Crippen LogP contribution in [0.5, 0.6) is 11.5 Å². The van der Waals surface area contributed by atoms with Gasteiger partial charge in [-0.1, -0.05) is 23.7 Å². The Kier molecular flexibility index (Phi) is 6.38. The SMILES string of the molecule is NC(=O)Oc1ccc2[nH]c(-c3ccc(OC4CCCN(Cc5ccc(Cl)cc5)C4)cc3)nc2c1. The minimum atomic E-state index is -0.850. The first-order valence-corrected chi connectivity index (χ1v) is 11.6. The summed E-state index contributed by atoms with van der Waals surface area (Å²) >= 11 is 6.00. The number of fused-ring (bicyclic) bond motifs is 1. The van der Waals surface area contributed by atoms with Gasteiger partial charge in [-0.3, -0.25) is 4.90 Å². The summed E-state index contributed by atoms with van der Waals surface area (Å²) in [6.45, 7) is 2.86. The molecule has 3 aromatic carbocycles. The number of piperidine rings is 1. The highest BCUT2D eigenvalue weighted by Gasteiger charge is 2.21. The molecule has 1 unspecified atom stereocenters. The smallest absolute Gasteiger partial charge is 0.409 e. The van der Waals surface area contributed by atoms with E-state index in [4.69, 9.17) is 26.8 Å². The topological polar surface area (TPSA) is 93.5 Å². The van der Waals surface area contributed by atoms with Crippen LogP contribution >= 0.6 is 11.6 Å². The van der Waals surface area contributed by atoms with Gasteiger partial charge in [0, 0.05) is 29.7 Å². The number of ether oxygens (including phenoxy) is 2. The number of nitrogens with two attached hydrogens (primary N) is 1. The molecule has 8 heteroatoms. The molecule has 0 spiro atoms. The standard InChI is InChI=1S/C26H25ClN4O3/c27-19-7-3-17(4-8-19)15-31-13-1-2-22(16-31)33-20-9-5-18(6-10-20)25-29-23-12-11-21(34-26(28)32)14-24(23)30-25/h3-12,14,22H,1-2,13,15-16H2,(H2,28,32)(H,29,30). The van der Waals surface area contributed by atoms with Crippen molar-refractivity contribution < 1.29 is 14.3 Å². The van der Waals surface area contributed by atoms with Gasteiger partial charge in [0.1, 0.15) is 23.4 Å². The number of likely N-dealkylation sites (tertiary alicyclic amines) is 1. The molecule has 174 valence electrons. The summed E-state index contributed by atoms with van der Waals surface area (Å²) in [7, 11) is 0. The summed E-state index contributed by atoms with van der Waals surface area (Å²) in [4.78, 5) is 21.3. The highest BCUT2D eigenvalue weighted by Crippen LogP contribution is 2.27. The first-order valence-electron chi connectivity index (χ1n) is 11.2. The number of H-pyrrole nitrogens is 1. The molecule has 5 rings (SSSR count). The van der Waals surface area contributed by atoms with Gasteiger partial charge >= 0.3 is 6.09 Å². The Labute approximate surface area is 202 Å². The van der Waals surface area contributed by atoms with Crippen molar-refractivity contribution in [2.24, 2.45) is 5.73 Å². The number of carbonyl (C=O) groups excluding carboxylic acids is 1. The number of hydrogen-bond acceptors (Lipinski definition) is 5. The second-order valence-corrected chi connectivity index (χ2v) is 8.89. The zero-order chi connectivity index (χ0) is 23.5. The van der Waals surface area contributed by atoms with E-state index in [1.54, 1.807) is 18.2 Å². The highest BCUT2D eigenvalue weighted by molar-refractivity contribution is 6.30. The lowest BCUT2D eigenvalue weighted by atomic mass is 10.1. The van der Waals surface area contributed by atoms with E-state index >= 15 is 0 Å². The molecule has 1 aliphatic heterocycles. The third kappa shape index (κ3) is 5.32. The Morgan fingerprint density at radius 2 is 1.85 bits per heavy atom. The quantitative estimate of drug-likeness (QED) is 0.389. The Morgan fingerprint density at radius 3 is 2.62 bits per heavy atom. The number of aromatic amines is 1. The fourth-order valence-corrected chi connectivity index (χ4v) is 4.41. The van der Waals surface area contributed by atoms with Crippen LogP contribution in [0.4, 0.5) is 4.79 Å². The Bertz CT molecular complexity index is 1290. The maximum atomic E-state index is 11.0. The minimum absolute atomic E-state index is 0.154. The number of benzene rings is 3. The van der Waals surface area contributed by atoms with Crippen LogP contribution in [0.25, 0.3) is 22.4 Å². The average Bonchev–Trinajstić information content (AvgIpc) is 3.24. The molecule has 7 nitrogen and oxygen atoms in total. The number of aromatic nitrogens is 2. The van der Waals surface area contributed by atoms with Crippen LogP contribution in [0.3, 0.4) is 0 Å². The fraction of sp³-hybridized carbons (Fsp3) is 0.231. The average molecular weight is 477 g/mol. The number of primary amides is 1. The predicted molar refractivity (Wildman–Crippen MR) is 132 cm³/mol. The first kappa shape index (κ1) is 22.3. The van der Waals surface area contributed by atoms with Gasteiger partial charge in [0.15, 0.2) is 0 Å². The van der Waals surface area contributed by atoms with Crippen LogP contribution in [0.15, 0.2) is 66.7 Å². The molecule has 3 N–H and O–H groups in total. The predicted octanol–water partition coefficient (Wildman–Crippen LogP) is 5.38. The zero-order valence-corrected chi connectivity index (χ0v) is 19.3. The Balaban J connectivity index is 1.22. The van der Waals surface area contributed by atoms with Crippen LogP contribution < -0.4 is 15.2 Å². The van der Waals surface area contributed by atoms with Crippen LogP contribution in [-0.4, -0.2) is 40.2 Å². The Morgan fingerprint density at radius 1 is 1.09 bits per heavy atom. The van der Waals surface area contributed by atoms with Gasteiger partial charge in [0.25, 0.3) is 0 Å². The number of halogens is 1. The normalized spacial score (nSPS) is 16.4. The molecule has 34 heavy (non-hydrogen) atoms. The van der Waals surface area contributed by atoms with Gasteiger partial charge in [-0.2, -0.15) is 0 Å². The molecule has 1 fully saturated rings. The van der Waals surface area contributed by atoms with Gasteiger partial charge in [-0.05, 0) is 73.5 Å². The van der Waals surface area contributed by atoms with E-state index in [1.165, 1.54) is 5.56 Å². The van der Waals surface area contributed by atoms with E-state index in [1.807, 2.05) is 36.4 Å². The van der Waals surface area contributed by atoms with Crippen molar-refractivity contribution in [1.29, 1.82) is 0 Å². The van der Waals surface area contributed by atoms with E-state index < -0.39 is 6.09 Å². The molecule has 1 aromatic heterocycles. The number of rotatable bonds is 6. The number of imidazole rings is 1.